The van der Waals surface area contributed by atoms with Crippen LogP contribution in [0.25, 0.3) is 0 Å². The van der Waals surface area contributed by atoms with Gasteiger partial charge in [-0.2, -0.15) is 0 Å². The van der Waals surface area contributed by atoms with E-state index in [4.69, 9.17) is 4.74 Å². The Kier molecular flexibility index (Phi) is 5.90. The fourth-order valence-corrected chi connectivity index (χ4v) is 9.14. The molecule has 1 aromatic carbocycles. The molecule has 0 saturated heterocycles. The van der Waals surface area contributed by atoms with Crippen molar-refractivity contribution in [2.45, 2.75) is 71.6 Å². The summed E-state index contributed by atoms with van der Waals surface area (Å²) in [6.45, 7) is 4.74. The Morgan fingerprint density at radius 3 is 2.43 bits per heavy atom. The average molecular weight is 493 g/mol. The van der Waals surface area contributed by atoms with Gasteiger partial charge < -0.3 is 15.4 Å². The number of benzene rings is 1. The van der Waals surface area contributed by atoms with Crippen molar-refractivity contribution in [1.29, 1.82) is 0 Å². The molecule has 5 nitrogen and oxygen atoms in total. The van der Waals surface area contributed by atoms with Crippen molar-refractivity contribution in [3.63, 3.8) is 0 Å². The molecule has 1 aromatic heterocycles. The molecular weight excluding hydrogens is 456 g/mol. The average Bonchev–Trinajstić information content (AvgIpc) is 3.16. The second-order valence-electron chi connectivity index (χ2n) is 11.6. The first kappa shape index (κ1) is 23.1. The van der Waals surface area contributed by atoms with Crippen LogP contribution in [0, 0.1) is 29.1 Å². The maximum atomic E-state index is 13.9. The van der Waals surface area contributed by atoms with Gasteiger partial charge in [-0.1, -0.05) is 19.1 Å². The van der Waals surface area contributed by atoms with Crippen molar-refractivity contribution >= 4 is 33.8 Å². The number of hydrogen-bond donors (Lipinski definition) is 2. The van der Waals surface area contributed by atoms with Gasteiger partial charge in [-0.25, -0.2) is 0 Å². The first-order valence-corrected chi connectivity index (χ1v) is 14.2. The molecule has 6 heteroatoms. The summed E-state index contributed by atoms with van der Waals surface area (Å²) in [4.78, 5) is 28.8. The van der Waals surface area contributed by atoms with Gasteiger partial charge in [0.25, 0.3) is 5.91 Å². The number of amides is 2. The van der Waals surface area contributed by atoms with Crippen LogP contribution in [0.1, 0.15) is 79.6 Å². The van der Waals surface area contributed by atoms with E-state index < -0.39 is 0 Å². The standard InChI is InChI=1S/C29H36N2O3S/c1-3-34-23-7-5-4-6-22(23)30-26(32)25-21-9-8-17(2)10-24(21)35-27(25)31-28(33)29-14-18-11-19(15-29)13-20(12-18)16-29/h4-7,17-20H,3,8-16H2,1-2H3,(H,30,32)(H,31,33)/t17-,18?,19?,20?,29?/m0/s1. The Balaban J connectivity index is 1.31. The highest BCUT2D eigenvalue weighted by atomic mass is 32.1. The fourth-order valence-electron chi connectivity index (χ4n) is 7.74. The van der Waals surface area contributed by atoms with Gasteiger partial charge in [0.15, 0.2) is 0 Å². The molecule has 1 heterocycles. The Hall–Kier alpha value is -2.34. The molecule has 2 aromatic rings. The van der Waals surface area contributed by atoms with Gasteiger partial charge in [0.1, 0.15) is 10.8 Å². The zero-order valence-electron chi connectivity index (χ0n) is 20.8. The molecular formula is C29H36N2O3S. The van der Waals surface area contributed by atoms with Crippen molar-refractivity contribution in [3.8, 4) is 5.75 Å². The van der Waals surface area contributed by atoms with E-state index in [0.717, 1.165) is 49.1 Å². The van der Waals surface area contributed by atoms with E-state index in [1.54, 1.807) is 11.3 Å². The number of anilines is 2. The molecule has 35 heavy (non-hydrogen) atoms. The molecule has 2 N–H and O–H groups in total. The molecule has 5 aliphatic rings. The number of hydrogen-bond acceptors (Lipinski definition) is 4. The molecule has 0 radical (unpaired) electrons. The van der Waals surface area contributed by atoms with E-state index in [9.17, 15) is 9.59 Å². The summed E-state index contributed by atoms with van der Waals surface area (Å²) >= 11 is 1.63. The van der Waals surface area contributed by atoms with Gasteiger partial charge in [0, 0.05) is 4.88 Å². The smallest absolute Gasteiger partial charge is 0.259 e. The van der Waals surface area contributed by atoms with E-state index >= 15 is 0 Å². The predicted molar refractivity (Wildman–Crippen MR) is 140 cm³/mol. The number of carbonyl (C=O) groups excluding carboxylic acids is 2. The van der Waals surface area contributed by atoms with Crippen molar-refractivity contribution in [2.75, 3.05) is 17.2 Å². The van der Waals surface area contributed by atoms with Crippen LogP contribution in [0.15, 0.2) is 24.3 Å². The third kappa shape index (κ3) is 4.18. The minimum atomic E-state index is -0.234. The lowest BCUT2D eigenvalue weighted by Crippen LogP contribution is -2.51. The molecule has 0 aliphatic heterocycles. The molecule has 5 aliphatic carbocycles. The number of rotatable bonds is 6. The summed E-state index contributed by atoms with van der Waals surface area (Å²) in [5.74, 6) is 3.41. The third-order valence-corrected chi connectivity index (χ3v) is 10.1. The second kappa shape index (κ2) is 8.95. The maximum absolute atomic E-state index is 13.9. The summed E-state index contributed by atoms with van der Waals surface area (Å²) in [6, 6.07) is 7.56. The Morgan fingerprint density at radius 1 is 1.06 bits per heavy atom. The van der Waals surface area contributed by atoms with Crippen molar-refractivity contribution in [1.82, 2.24) is 0 Å². The maximum Gasteiger partial charge on any atom is 0.259 e. The number of carbonyl (C=O) groups is 2. The first-order valence-electron chi connectivity index (χ1n) is 13.4. The molecule has 1 atom stereocenters. The zero-order valence-corrected chi connectivity index (χ0v) is 21.6. The van der Waals surface area contributed by atoms with E-state index in [0.29, 0.717) is 47.3 Å². The van der Waals surface area contributed by atoms with Crippen molar-refractivity contribution < 1.29 is 14.3 Å². The largest absolute Gasteiger partial charge is 0.492 e. The Morgan fingerprint density at radius 2 is 1.74 bits per heavy atom. The summed E-state index contributed by atoms with van der Waals surface area (Å²) in [5, 5.41) is 7.18. The van der Waals surface area contributed by atoms with Gasteiger partial charge in [-0.3, -0.25) is 9.59 Å². The summed E-state index contributed by atoms with van der Waals surface area (Å²) in [5.41, 5.74) is 2.23. The highest BCUT2D eigenvalue weighted by molar-refractivity contribution is 7.17. The molecule has 0 unspecified atom stereocenters. The minimum Gasteiger partial charge on any atom is -0.492 e. The van der Waals surface area contributed by atoms with Crippen LogP contribution in [0.4, 0.5) is 10.7 Å². The van der Waals surface area contributed by atoms with Crippen LogP contribution >= 0.6 is 11.3 Å². The minimum absolute atomic E-state index is 0.148. The molecule has 7 rings (SSSR count). The van der Waals surface area contributed by atoms with Crippen LogP contribution in [-0.2, 0) is 17.6 Å². The highest BCUT2D eigenvalue weighted by Gasteiger charge is 2.54. The summed E-state index contributed by atoms with van der Waals surface area (Å²) < 4.78 is 5.73. The second-order valence-corrected chi connectivity index (χ2v) is 12.7. The summed E-state index contributed by atoms with van der Waals surface area (Å²) in [6.07, 6.45) is 9.93. The molecule has 4 fully saturated rings. The number of ether oxygens (including phenoxy) is 1. The van der Waals surface area contributed by atoms with Gasteiger partial charge in [0.05, 0.1) is 23.3 Å². The number of para-hydroxylation sites is 2. The van der Waals surface area contributed by atoms with Crippen LogP contribution in [0.5, 0.6) is 5.75 Å². The van der Waals surface area contributed by atoms with Crippen LogP contribution in [-0.4, -0.2) is 18.4 Å². The normalized spacial score (nSPS) is 30.6. The van der Waals surface area contributed by atoms with E-state index in [1.807, 2.05) is 31.2 Å². The number of nitrogens with one attached hydrogen (secondary N) is 2. The van der Waals surface area contributed by atoms with Crippen LogP contribution in [0.2, 0.25) is 0 Å². The third-order valence-electron chi connectivity index (χ3n) is 8.92. The van der Waals surface area contributed by atoms with Crippen LogP contribution in [0.3, 0.4) is 0 Å². The van der Waals surface area contributed by atoms with Crippen LogP contribution < -0.4 is 15.4 Å². The lowest BCUT2D eigenvalue weighted by atomic mass is 9.49. The van der Waals surface area contributed by atoms with Crippen molar-refractivity contribution in [3.05, 3.63) is 40.3 Å². The SMILES string of the molecule is CCOc1ccccc1NC(=O)c1c(NC(=O)C23CC4CC(CC(C4)C2)C3)sc2c1CC[C@H](C)C2. The van der Waals surface area contributed by atoms with Gasteiger partial charge in [-0.15, -0.1) is 11.3 Å². The lowest BCUT2D eigenvalue weighted by Gasteiger charge is -2.55. The summed E-state index contributed by atoms with van der Waals surface area (Å²) in [7, 11) is 0. The lowest BCUT2D eigenvalue weighted by molar-refractivity contribution is -0.140. The Bertz CT molecular complexity index is 1120. The topological polar surface area (TPSA) is 67.4 Å². The van der Waals surface area contributed by atoms with Gasteiger partial charge in [0.2, 0.25) is 5.91 Å². The monoisotopic (exact) mass is 492 g/mol. The molecule has 186 valence electrons. The predicted octanol–water partition coefficient (Wildman–Crippen LogP) is 6.68. The number of thiophene rings is 1. The van der Waals surface area contributed by atoms with Crippen molar-refractivity contribution in [2.24, 2.45) is 29.1 Å². The Labute approximate surface area is 212 Å². The van der Waals surface area contributed by atoms with E-state index in [1.165, 1.54) is 24.1 Å². The van der Waals surface area contributed by atoms with E-state index in [2.05, 4.69) is 17.6 Å². The fraction of sp³-hybridized carbons (Fsp3) is 0.586. The highest BCUT2D eigenvalue weighted by Crippen LogP contribution is 2.60. The van der Waals surface area contributed by atoms with E-state index in [-0.39, 0.29) is 17.2 Å². The zero-order chi connectivity index (χ0) is 24.2. The molecule has 2 amide bonds. The van der Waals surface area contributed by atoms with Gasteiger partial charge >= 0.3 is 0 Å². The molecule has 0 spiro atoms. The van der Waals surface area contributed by atoms with Gasteiger partial charge in [-0.05, 0) is 106 Å². The first-order chi connectivity index (χ1) is 16.9. The molecule has 4 saturated carbocycles. The quantitative estimate of drug-likeness (QED) is 0.473. The number of fused-ring (bicyclic) bond motifs is 1. The molecule has 4 bridgehead atoms.